The third-order valence-corrected chi connectivity index (χ3v) is 10.1. The van der Waals surface area contributed by atoms with Gasteiger partial charge in [0.2, 0.25) is 0 Å². The highest BCUT2D eigenvalue weighted by molar-refractivity contribution is 5.12. The van der Waals surface area contributed by atoms with Gasteiger partial charge in [-0.2, -0.15) is 0 Å². The molecule has 0 unspecified atom stereocenters. The van der Waals surface area contributed by atoms with E-state index in [0.29, 0.717) is 5.41 Å². The molecule has 5 aliphatic rings. The van der Waals surface area contributed by atoms with Crippen LogP contribution in [0.15, 0.2) is 0 Å². The van der Waals surface area contributed by atoms with Crippen molar-refractivity contribution >= 4 is 0 Å². The Morgan fingerprint density at radius 3 is 2.22 bits per heavy atom. The predicted molar refractivity (Wildman–Crippen MR) is 106 cm³/mol. The van der Waals surface area contributed by atoms with Crippen molar-refractivity contribution in [2.45, 2.75) is 97.4 Å². The summed E-state index contributed by atoms with van der Waals surface area (Å²) >= 11 is 0. The van der Waals surface area contributed by atoms with Gasteiger partial charge < -0.3 is 14.6 Å². The molecule has 1 heterocycles. The van der Waals surface area contributed by atoms with Gasteiger partial charge in [0.25, 0.3) is 0 Å². The molecule has 0 radical (unpaired) electrons. The molecule has 4 saturated carbocycles. The highest BCUT2D eigenvalue weighted by Crippen LogP contribution is 2.69. The predicted octanol–water partition coefficient (Wildman–Crippen LogP) is 5.16. The number of ether oxygens (including phenoxy) is 2. The number of aliphatic hydroxyl groups is 1. The molecule has 1 aliphatic heterocycles. The van der Waals surface area contributed by atoms with Gasteiger partial charge in [-0.25, -0.2) is 0 Å². The maximum Gasteiger partial charge on any atom is 0.173 e. The first kappa shape index (κ1) is 18.9. The quantitative estimate of drug-likeness (QED) is 0.635. The van der Waals surface area contributed by atoms with Gasteiger partial charge in [0, 0.05) is 17.3 Å². The second kappa shape index (κ2) is 5.95. The Morgan fingerprint density at radius 2 is 1.48 bits per heavy atom. The van der Waals surface area contributed by atoms with Gasteiger partial charge in [-0.1, -0.05) is 27.7 Å². The Balaban J connectivity index is 1.41. The molecule has 5 fully saturated rings. The lowest BCUT2D eigenvalue weighted by molar-refractivity contribution is -0.348. The monoisotopic (exact) mass is 376 g/mol. The van der Waals surface area contributed by atoms with E-state index in [4.69, 9.17) is 9.47 Å². The fourth-order valence-electron chi connectivity index (χ4n) is 8.37. The second-order valence-electron chi connectivity index (χ2n) is 12.1. The van der Waals surface area contributed by atoms with Crippen LogP contribution in [0.2, 0.25) is 0 Å². The Morgan fingerprint density at radius 1 is 0.778 bits per heavy atom. The van der Waals surface area contributed by atoms with E-state index < -0.39 is 0 Å². The van der Waals surface area contributed by atoms with Crippen molar-refractivity contribution in [2.24, 2.45) is 39.9 Å². The van der Waals surface area contributed by atoms with Crippen LogP contribution in [0.3, 0.4) is 0 Å². The first-order valence-electron chi connectivity index (χ1n) is 11.7. The minimum Gasteiger partial charge on any atom is -0.393 e. The number of aliphatic hydroxyl groups excluding tert-OH is 1. The molecule has 3 heteroatoms. The standard InChI is InChI=1S/C24H40O3/c1-21(2)14-26-24(27-15-21)12-9-20-18-6-5-16-13-17(25)7-10-22(16,3)19(18)8-11-23(20,24)4/h16-20,25H,5-15H2,1-4H3/t16-,17-,18+,19-,20-,22-,23-/m0/s1. The third-order valence-electron chi connectivity index (χ3n) is 10.1. The van der Waals surface area contributed by atoms with Crippen LogP contribution in [-0.4, -0.2) is 30.2 Å². The fourth-order valence-corrected chi connectivity index (χ4v) is 8.37. The van der Waals surface area contributed by atoms with Crippen molar-refractivity contribution < 1.29 is 14.6 Å². The summed E-state index contributed by atoms with van der Waals surface area (Å²) in [5.74, 6) is 2.85. The lowest BCUT2D eigenvalue weighted by Crippen LogP contribution is -2.60. The first-order chi connectivity index (χ1) is 12.7. The average Bonchev–Trinajstić information content (AvgIpc) is 2.91. The van der Waals surface area contributed by atoms with Crippen molar-refractivity contribution in [2.75, 3.05) is 13.2 Å². The number of rotatable bonds is 0. The van der Waals surface area contributed by atoms with E-state index >= 15 is 0 Å². The lowest BCUT2D eigenvalue weighted by atomic mass is 9.45. The molecule has 4 aliphatic carbocycles. The van der Waals surface area contributed by atoms with E-state index in [1.807, 2.05) is 0 Å². The van der Waals surface area contributed by atoms with E-state index in [2.05, 4.69) is 27.7 Å². The zero-order valence-corrected chi connectivity index (χ0v) is 17.9. The summed E-state index contributed by atoms with van der Waals surface area (Å²) < 4.78 is 13.2. The second-order valence-corrected chi connectivity index (χ2v) is 12.1. The van der Waals surface area contributed by atoms with Gasteiger partial charge in [-0.3, -0.25) is 0 Å². The van der Waals surface area contributed by atoms with Crippen molar-refractivity contribution in [3.05, 3.63) is 0 Å². The molecular weight excluding hydrogens is 336 g/mol. The van der Waals surface area contributed by atoms with Crippen LogP contribution in [0.25, 0.3) is 0 Å². The van der Waals surface area contributed by atoms with Crippen molar-refractivity contribution in [3.8, 4) is 0 Å². The van der Waals surface area contributed by atoms with Gasteiger partial charge >= 0.3 is 0 Å². The Hall–Kier alpha value is -0.120. The van der Waals surface area contributed by atoms with Crippen molar-refractivity contribution in [1.82, 2.24) is 0 Å². The van der Waals surface area contributed by atoms with E-state index in [1.54, 1.807) is 0 Å². The van der Waals surface area contributed by atoms with Crippen LogP contribution in [-0.2, 0) is 9.47 Å². The smallest absolute Gasteiger partial charge is 0.173 e. The van der Waals surface area contributed by atoms with Crippen LogP contribution >= 0.6 is 0 Å². The first-order valence-corrected chi connectivity index (χ1v) is 11.7. The van der Waals surface area contributed by atoms with E-state index in [1.165, 1.54) is 38.5 Å². The SMILES string of the molecule is CC1(C)COC2(CC[C@H]3[C@@H]4CC[C@H]5C[C@@H](O)CC[C@]5(C)[C@H]4CC[C@@]32C)OC1. The molecule has 3 nitrogen and oxygen atoms in total. The molecule has 5 rings (SSSR count). The van der Waals surface area contributed by atoms with Gasteiger partial charge in [0.1, 0.15) is 0 Å². The van der Waals surface area contributed by atoms with Crippen LogP contribution < -0.4 is 0 Å². The molecule has 0 aromatic heterocycles. The Kier molecular flexibility index (Phi) is 4.16. The summed E-state index contributed by atoms with van der Waals surface area (Å²) in [7, 11) is 0. The maximum absolute atomic E-state index is 10.2. The lowest BCUT2D eigenvalue weighted by Gasteiger charge is -2.62. The molecular formula is C24H40O3. The highest BCUT2D eigenvalue weighted by atomic mass is 16.7. The molecule has 7 atom stereocenters. The number of hydrogen-bond acceptors (Lipinski definition) is 3. The number of hydrogen-bond donors (Lipinski definition) is 1. The van der Waals surface area contributed by atoms with Crippen LogP contribution in [0, 0.1) is 39.9 Å². The van der Waals surface area contributed by atoms with Crippen molar-refractivity contribution in [1.29, 1.82) is 0 Å². The largest absolute Gasteiger partial charge is 0.393 e. The summed E-state index contributed by atoms with van der Waals surface area (Å²) in [6.07, 6.45) is 10.9. The summed E-state index contributed by atoms with van der Waals surface area (Å²) in [6, 6.07) is 0. The molecule has 154 valence electrons. The van der Waals surface area contributed by atoms with E-state index in [9.17, 15) is 5.11 Å². The topological polar surface area (TPSA) is 38.7 Å². The maximum atomic E-state index is 10.2. The zero-order valence-electron chi connectivity index (χ0n) is 17.9. The molecule has 27 heavy (non-hydrogen) atoms. The van der Waals surface area contributed by atoms with Gasteiger partial charge in [0.05, 0.1) is 19.3 Å². The minimum atomic E-state index is -0.321. The Labute approximate surface area is 165 Å². The van der Waals surface area contributed by atoms with Gasteiger partial charge in [-0.05, 0) is 80.5 Å². The van der Waals surface area contributed by atoms with Crippen LogP contribution in [0.1, 0.15) is 85.5 Å². The average molecular weight is 377 g/mol. The molecule has 0 bridgehead atoms. The summed E-state index contributed by atoms with van der Waals surface area (Å²) in [6.45, 7) is 11.3. The van der Waals surface area contributed by atoms with E-state index in [-0.39, 0.29) is 22.7 Å². The molecule has 0 aromatic rings. The van der Waals surface area contributed by atoms with Crippen molar-refractivity contribution in [3.63, 3.8) is 0 Å². The molecule has 1 spiro atoms. The molecule has 1 N–H and O–H groups in total. The Bertz CT molecular complexity index is 590. The minimum absolute atomic E-state index is 0.0457. The number of fused-ring (bicyclic) bond motifs is 6. The molecule has 1 saturated heterocycles. The molecule has 0 aromatic carbocycles. The normalized spacial score (nSPS) is 53.4. The van der Waals surface area contributed by atoms with E-state index in [0.717, 1.165) is 56.1 Å². The van der Waals surface area contributed by atoms with Gasteiger partial charge in [-0.15, -0.1) is 0 Å². The summed E-state index contributed by atoms with van der Waals surface area (Å²) in [5.41, 5.74) is 0.781. The van der Waals surface area contributed by atoms with Crippen LogP contribution in [0.5, 0.6) is 0 Å². The van der Waals surface area contributed by atoms with Crippen LogP contribution in [0.4, 0.5) is 0 Å². The van der Waals surface area contributed by atoms with Gasteiger partial charge in [0.15, 0.2) is 5.79 Å². The molecule has 0 amide bonds. The fraction of sp³-hybridized carbons (Fsp3) is 1.00. The summed E-state index contributed by atoms with van der Waals surface area (Å²) in [4.78, 5) is 0. The summed E-state index contributed by atoms with van der Waals surface area (Å²) in [5, 5.41) is 10.2. The zero-order chi connectivity index (χ0) is 19.1. The highest BCUT2D eigenvalue weighted by Gasteiger charge is 2.67. The third kappa shape index (κ3) is 2.56.